The second-order valence-corrected chi connectivity index (χ2v) is 3.24. The Bertz CT molecular complexity index is 261. The molecule has 0 radical (unpaired) electrons. The van der Waals surface area contributed by atoms with Crippen LogP contribution in [-0.2, 0) is 0 Å². The van der Waals surface area contributed by atoms with Gasteiger partial charge in [-0.2, -0.15) is 0 Å². The molecule has 0 atom stereocenters. The van der Waals surface area contributed by atoms with Gasteiger partial charge < -0.3 is 5.32 Å². The first kappa shape index (κ1) is 9.36. The number of alkyl halides is 2. The highest BCUT2D eigenvalue weighted by Gasteiger charge is 2.06. The van der Waals surface area contributed by atoms with Crippen molar-refractivity contribution in [3.8, 4) is 0 Å². The van der Waals surface area contributed by atoms with E-state index in [1.165, 1.54) is 0 Å². The Kier molecular flexibility index (Phi) is 3.38. The van der Waals surface area contributed by atoms with Crippen LogP contribution in [0.2, 0.25) is 0 Å². The monoisotopic (exact) mass is 203 g/mol. The first-order chi connectivity index (χ1) is 5.70. The van der Waals surface area contributed by atoms with Crippen molar-refractivity contribution < 1.29 is 4.79 Å². The minimum Gasteiger partial charge on any atom is -0.323 e. The second-order valence-electron chi connectivity index (χ2n) is 2.14. The summed E-state index contributed by atoms with van der Waals surface area (Å²) >= 11 is 10.7. The number of hydrogen-bond acceptors (Lipinski definition) is 1. The summed E-state index contributed by atoms with van der Waals surface area (Å²) in [6.45, 7) is 0. The fourth-order valence-electron chi connectivity index (χ4n) is 0.772. The van der Waals surface area contributed by atoms with Gasteiger partial charge in [0.25, 0.3) is 5.91 Å². The molecule has 1 aromatic carbocycles. The molecule has 0 aliphatic rings. The van der Waals surface area contributed by atoms with Gasteiger partial charge in [0.2, 0.25) is 0 Å². The smallest absolute Gasteiger partial charge is 0.253 e. The van der Waals surface area contributed by atoms with Crippen LogP contribution in [0.15, 0.2) is 30.3 Å². The zero-order chi connectivity index (χ0) is 8.97. The zero-order valence-electron chi connectivity index (χ0n) is 6.13. The summed E-state index contributed by atoms with van der Waals surface area (Å²) < 4.78 is 0. The third kappa shape index (κ3) is 2.72. The highest BCUT2D eigenvalue weighted by molar-refractivity contribution is 6.44. The summed E-state index contributed by atoms with van der Waals surface area (Å²) in [7, 11) is 0. The third-order valence-corrected chi connectivity index (χ3v) is 1.49. The molecule has 0 saturated carbocycles. The predicted molar refractivity (Wildman–Crippen MR) is 49.4 cm³/mol. The zero-order valence-corrected chi connectivity index (χ0v) is 7.64. The lowest BCUT2D eigenvalue weighted by molar-refractivity contribution is 0.0957. The normalized spacial score (nSPS) is 9.92. The van der Waals surface area contributed by atoms with Gasteiger partial charge in [-0.1, -0.05) is 41.4 Å². The maximum absolute atomic E-state index is 11.2. The number of amides is 1. The standard InChI is InChI=1S/C8H7Cl2NO/c9-8(10)11-7(12)6-4-2-1-3-5-6/h1-5,8H,(H,11,12). The van der Waals surface area contributed by atoms with Crippen LogP contribution in [0.3, 0.4) is 0 Å². The number of hydrogen-bond donors (Lipinski definition) is 1. The SMILES string of the molecule is O=C(NC(Cl)Cl)c1ccccc1. The molecule has 2 nitrogen and oxygen atoms in total. The van der Waals surface area contributed by atoms with E-state index in [0.717, 1.165) is 0 Å². The van der Waals surface area contributed by atoms with Gasteiger partial charge >= 0.3 is 0 Å². The van der Waals surface area contributed by atoms with E-state index in [4.69, 9.17) is 23.2 Å². The van der Waals surface area contributed by atoms with E-state index in [9.17, 15) is 4.79 Å². The minimum absolute atomic E-state index is 0.273. The van der Waals surface area contributed by atoms with E-state index in [1.807, 2.05) is 6.07 Å². The molecule has 0 aliphatic heterocycles. The molecule has 12 heavy (non-hydrogen) atoms. The van der Waals surface area contributed by atoms with Gasteiger partial charge in [-0.05, 0) is 12.1 Å². The first-order valence-electron chi connectivity index (χ1n) is 3.34. The summed E-state index contributed by atoms with van der Waals surface area (Å²) in [5.41, 5.74) is 0.545. The van der Waals surface area contributed by atoms with Gasteiger partial charge in [0.05, 0.1) is 0 Å². The molecule has 1 rings (SSSR count). The lowest BCUT2D eigenvalue weighted by atomic mass is 10.2. The van der Waals surface area contributed by atoms with Gasteiger partial charge in [-0.15, -0.1) is 0 Å². The van der Waals surface area contributed by atoms with E-state index >= 15 is 0 Å². The van der Waals surface area contributed by atoms with Crippen LogP contribution in [0, 0.1) is 0 Å². The van der Waals surface area contributed by atoms with Crippen LogP contribution in [0.25, 0.3) is 0 Å². The van der Waals surface area contributed by atoms with Gasteiger partial charge in [0.1, 0.15) is 0 Å². The molecule has 1 N–H and O–H groups in total. The lowest BCUT2D eigenvalue weighted by Gasteiger charge is -2.03. The molecular formula is C8H7Cl2NO. The van der Waals surface area contributed by atoms with Crippen LogP contribution in [0.1, 0.15) is 10.4 Å². The summed E-state index contributed by atoms with van der Waals surface area (Å²) in [4.78, 5) is 10.3. The first-order valence-corrected chi connectivity index (χ1v) is 4.21. The molecule has 1 amide bonds. The average molecular weight is 204 g/mol. The predicted octanol–water partition coefficient (Wildman–Crippen LogP) is 2.18. The van der Waals surface area contributed by atoms with Gasteiger partial charge in [0.15, 0.2) is 4.96 Å². The van der Waals surface area contributed by atoms with Crippen molar-refractivity contribution >= 4 is 29.1 Å². The van der Waals surface area contributed by atoms with Crippen molar-refractivity contribution in [1.82, 2.24) is 5.32 Å². The van der Waals surface area contributed by atoms with E-state index in [-0.39, 0.29) is 5.91 Å². The molecule has 0 aliphatic carbocycles. The Morgan fingerprint density at radius 2 is 1.83 bits per heavy atom. The third-order valence-electron chi connectivity index (χ3n) is 1.28. The molecule has 0 heterocycles. The van der Waals surface area contributed by atoms with Crippen molar-refractivity contribution in [2.45, 2.75) is 4.96 Å². The Morgan fingerprint density at radius 1 is 1.25 bits per heavy atom. The maximum Gasteiger partial charge on any atom is 0.253 e. The number of halogens is 2. The molecular weight excluding hydrogens is 197 g/mol. The van der Waals surface area contributed by atoms with E-state index in [0.29, 0.717) is 5.56 Å². The van der Waals surface area contributed by atoms with E-state index < -0.39 is 4.96 Å². The van der Waals surface area contributed by atoms with E-state index in [2.05, 4.69) is 5.32 Å². The van der Waals surface area contributed by atoms with Crippen molar-refractivity contribution in [2.24, 2.45) is 0 Å². The number of carbonyl (C=O) groups excluding carboxylic acids is 1. The van der Waals surface area contributed by atoms with Gasteiger partial charge in [-0.3, -0.25) is 4.79 Å². The molecule has 0 unspecified atom stereocenters. The lowest BCUT2D eigenvalue weighted by Crippen LogP contribution is -2.26. The highest BCUT2D eigenvalue weighted by atomic mass is 35.5. The van der Waals surface area contributed by atoms with E-state index in [1.54, 1.807) is 24.3 Å². The largest absolute Gasteiger partial charge is 0.323 e. The molecule has 0 bridgehead atoms. The summed E-state index contributed by atoms with van der Waals surface area (Å²) in [5, 5.41) is 2.35. The molecule has 1 aromatic rings. The van der Waals surface area contributed by atoms with Gasteiger partial charge in [0, 0.05) is 5.56 Å². The topological polar surface area (TPSA) is 29.1 Å². The number of carbonyl (C=O) groups is 1. The maximum atomic E-state index is 11.2. The Balaban J connectivity index is 2.66. The van der Waals surface area contributed by atoms with Crippen LogP contribution in [-0.4, -0.2) is 10.9 Å². The summed E-state index contributed by atoms with van der Waals surface area (Å²) in [6.07, 6.45) is 0. The van der Waals surface area contributed by atoms with Crippen molar-refractivity contribution in [3.05, 3.63) is 35.9 Å². The van der Waals surface area contributed by atoms with Crippen LogP contribution < -0.4 is 5.32 Å². The summed E-state index contributed by atoms with van der Waals surface area (Å²) in [5.74, 6) is -0.273. The minimum atomic E-state index is -0.863. The number of benzene rings is 1. The van der Waals surface area contributed by atoms with Crippen LogP contribution in [0.4, 0.5) is 0 Å². The molecule has 0 aromatic heterocycles. The Hall–Kier alpha value is -0.730. The number of rotatable bonds is 2. The van der Waals surface area contributed by atoms with Crippen molar-refractivity contribution in [2.75, 3.05) is 0 Å². The summed E-state index contributed by atoms with van der Waals surface area (Å²) in [6, 6.07) is 8.74. The molecule has 0 spiro atoms. The average Bonchev–Trinajstić information content (AvgIpc) is 2.05. The quantitative estimate of drug-likeness (QED) is 0.580. The molecule has 64 valence electrons. The van der Waals surface area contributed by atoms with Crippen LogP contribution in [0.5, 0.6) is 0 Å². The Morgan fingerprint density at radius 3 is 2.33 bits per heavy atom. The molecule has 0 fully saturated rings. The van der Waals surface area contributed by atoms with Crippen molar-refractivity contribution in [3.63, 3.8) is 0 Å². The second kappa shape index (κ2) is 4.33. The fraction of sp³-hybridized carbons (Fsp3) is 0.125. The van der Waals surface area contributed by atoms with Crippen LogP contribution >= 0.6 is 23.2 Å². The highest BCUT2D eigenvalue weighted by Crippen LogP contribution is 2.01. The molecule has 0 saturated heterocycles. The van der Waals surface area contributed by atoms with Gasteiger partial charge in [-0.25, -0.2) is 0 Å². The van der Waals surface area contributed by atoms with Crippen molar-refractivity contribution in [1.29, 1.82) is 0 Å². The molecule has 4 heteroatoms. The fourth-order valence-corrected chi connectivity index (χ4v) is 0.970. The number of nitrogens with one attached hydrogen (secondary N) is 1. The Labute approximate surface area is 80.5 Å².